The van der Waals surface area contributed by atoms with Crippen LogP contribution < -0.4 is 10.2 Å². The van der Waals surface area contributed by atoms with Crippen molar-refractivity contribution in [2.24, 2.45) is 5.92 Å². The maximum atomic E-state index is 12.8. The van der Waals surface area contributed by atoms with Gasteiger partial charge in [-0.3, -0.25) is 4.79 Å². The maximum absolute atomic E-state index is 12.8. The lowest BCUT2D eigenvalue weighted by atomic mass is 9.95. The zero-order chi connectivity index (χ0) is 21.9. The summed E-state index contributed by atoms with van der Waals surface area (Å²) in [5.41, 5.74) is 3.56. The van der Waals surface area contributed by atoms with Crippen molar-refractivity contribution in [1.82, 2.24) is 24.8 Å². The van der Waals surface area contributed by atoms with Gasteiger partial charge < -0.3 is 14.8 Å². The minimum atomic E-state index is 0.0415. The molecule has 1 N–H and O–H groups in total. The molecule has 7 nitrogen and oxygen atoms in total. The van der Waals surface area contributed by atoms with Crippen LogP contribution in [0.2, 0.25) is 0 Å². The first kappa shape index (κ1) is 20.7. The molecular weight excluding hydrogens is 400 g/mol. The first-order chi connectivity index (χ1) is 15.7. The Hall–Kier alpha value is -3.22. The number of rotatable bonds is 6. The van der Waals surface area contributed by atoms with Crippen molar-refractivity contribution in [3.8, 4) is 11.4 Å². The molecule has 3 heterocycles. The lowest BCUT2D eigenvalue weighted by molar-refractivity contribution is -0.125. The number of imidazole rings is 1. The van der Waals surface area contributed by atoms with Crippen molar-refractivity contribution in [2.45, 2.75) is 52.1 Å². The molecule has 7 heteroatoms. The van der Waals surface area contributed by atoms with E-state index in [1.165, 1.54) is 11.3 Å². The third-order valence-corrected chi connectivity index (χ3v) is 6.67. The number of nitrogens with zero attached hydrogens (tertiary/aromatic N) is 5. The Labute approximate surface area is 188 Å². The normalized spacial score (nSPS) is 16.2. The van der Waals surface area contributed by atoms with Gasteiger partial charge in [0, 0.05) is 54.8 Å². The van der Waals surface area contributed by atoms with Crippen LogP contribution in [0.5, 0.6) is 0 Å². The molecular formula is C25H30N6O. The van der Waals surface area contributed by atoms with Gasteiger partial charge in [-0.1, -0.05) is 30.3 Å². The van der Waals surface area contributed by atoms with E-state index in [4.69, 9.17) is 9.97 Å². The molecule has 1 fully saturated rings. The van der Waals surface area contributed by atoms with Gasteiger partial charge in [0.1, 0.15) is 11.6 Å². The maximum Gasteiger partial charge on any atom is 0.223 e. The minimum Gasteiger partial charge on any atom is -0.356 e. The molecule has 166 valence electrons. The monoisotopic (exact) mass is 430 g/mol. The first-order valence-corrected chi connectivity index (χ1v) is 11.7. The summed E-state index contributed by atoms with van der Waals surface area (Å²) in [7, 11) is 0. The number of nitrogens with one attached hydrogen (secondary N) is 1. The van der Waals surface area contributed by atoms with Crippen LogP contribution in [-0.2, 0) is 30.7 Å². The number of carbonyl (C=O) groups is 1. The highest BCUT2D eigenvalue weighted by molar-refractivity contribution is 5.79. The SMILES string of the molecule is CCn1ccnc1CNC(=O)C1CCN(c2nc(-c3ccccc3)nc3c2CCC3)CC1. The lowest BCUT2D eigenvalue weighted by Gasteiger charge is -2.33. The molecule has 5 rings (SSSR count). The Kier molecular flexibility index (Phi) is 5.88. The Morgan fingerprint density at radius 2 is 1.94 bits per heavy atom. The van der Waals surface area contributed by atoms with Crippen molar-refractivity contribution >= 4 is 11.7 Å². The van der Waals surface area contributed by atoms with E-state index in [1.54, 1.807) is 6.20 Å². The van der Waals surface area contributed by atoms with E-state index < -0.39 is 0 Å². The van der Waals surface area contributed by atoms with E-state index in [1.807, 2.05) is 24.4 Å². The second-order valence-electron chi connectivity index (χ2n) is 8.62. The molecule has 1 aliphatic heterocycles. The van der Waals surface area contributed by atoms with Gasteiger partial charge in [-0.2, -0.15) is 0 Å². The Morgan fingerprint density at radius 3 is 2.72 bits per heavy atom. The molecule has 3 aromatic rings. The molecule has 0 atom stereocenters. The van der Waals surface area contributed by atoms with Crippen molar-refractivity contribution in [2.75, 3.05) is 18.0 Å². The number of anilines is 1. The van der Waals surface area contributed by atoms with Crippen molar-refractivity contribution < 1.29 is 4.79 Å². The summed E-state index contributed by atoms with van der Waals surface area (Å²) in [4.78, 5) is 29.4. The van der Waals surface area contributed by atoms with Crippen LogP contribution in [0, 0.1) is 5.92 Å². The molecule has 0 saturated carbocycles. The standard InChI is InChI=1S/C25H30N6O/c1-2-30-16-13-26-22(30)17-27-25(32)19-11-14-31(15-12-19)24-20-9-6-10-21(20)28-23(29-24)18-7-4-3-5-8-18/h3-5,7-8,13,16,19H,2,6,9-12,14-15,17H2,1H3,(H,27,32). The van der Waals surface area contributed by atoms with Gasteiger partial charge in [-0.05, 0) is 39.0 Å². The fourth-order valence-corrected chi connectivity index (χ4v) is 4.85. The molecule has 1 amide bonds. The summed E-state index contributed by atoms with van der Waals surface area (Å²) in [5.74, 6) is 2.97. The van der Waals surface area contributed by atoms with E-state index in [0.29, 0.717) is 6.54 Å². The highest BCUT2D eigenvalue weighted by Gasteiger charge is 2.29. The van der Waals surface area contributed by atoms with Gasteiger partial charge in [-0.15, -0.1) is 0 Å². The first-order valence-electron chi connectivity index (χ1n) is 11.7. The van der Waals surface area contributed by atoms with Crippen LogP contribution in [0.25, 0.3) is 11.4 Å². The number of aryl methyl sites for hydroxylation is 2. The molecule has 0 unspecified atom stereocenters. The molecule has 0 radical (unpaired) electrons. The van der Waals surface area contributed by atoms with E-state index >= 15 is 0 Å². The second kappa shape index (κ2) is 9.10. The second-order valence-corrected chi connectivity index (χ2v) is 8.62. The number of hydrogen-bond donors (Lipinski definition) is 1. The molecule has 2 aliphatic rings. The van der Waals surface area contributed by atoms with Crippen LogP contribution in [0.1, 0.15) is 43.3 Å². The number of fused-ring (bicyclic) bond motifs is 1. The number of hydrogen-bond acceptors (Lipinski definition) is 5. The van der Waals surface area contributed by atoms with Crippen LogP contribution in [0.3, 0.4) is 0 Å². The van der Waals surface area contributed by atoms with Gasteiger partial charge in [0.2, 0.25) is 5.91 Å². The quantitative estimate of drug-likeness (QED) is 0.649. The van der Waals surface area contributed by atoms with Crippen LogP contribution in [0.4, 0.5) is 5.82 Å². The zero-order valence-electron chi connectivity index (χ0n) is 18.6. The minimum absolute atomic E-state index is 0.0415. The molecule has 0 bridgehead atoms. The van der Waals surface area contributed by atoms with Gasteiger partial charge in [0.15, 0.2) is 5.82 Å². The lowest BCUT2D eigenvalue weighted by Crippen LogP contribution is -2.41. The number of carbonyl (C=O) groups excluding carboxylic acids is 1. The van der Waals surface area contributed by atoms with E-state index in [-0.39, 0.29) is 11.8 Å². The highest BCUT2D eigenvalue weighted by atomic mass is 16.1. The van der Waals surface area contributed by atoms with E-state index in [2.05, 4.69) is 38.8 Å². The predicted molar refractivity (Wildman–Crippen MR) is 124 cm³/mol. The molecule has 32 heavy (non-hydrogen) atoms. The van der Waals surface area contributed by atoms with Gasteiger partial charge in [-0.25, -0.2) is 15.0 Å². The summed E-state index contributed by atoms with van der Waals surface area (Å²) in [6.45, 7) is 5.12. The molecule has 1 saturated heterocycles. The summed E-state index contributed by atoms with van der Waals surface area (Å²) in [5, 5.41) is 3.09. The third-order valence-electron chi connectivity index (χ3n) is 6.67. The number of piperidine rings is 1. The van der Waals surface area contributed by atoms with Gasteiger partial charge >= 0.3 is 0 Å². The average Bonchev–Trinajstić information content (AvgIpc) is 3.51. The molecule has 0 spiro atoms. The fourth-order valence-electron chi connectivity index (χ4n) is 4.85. The summed E-state index contributed by atoms with van der Waals surface area (Å²) in [6, 6.07) is 10.2. The van der Waals surface area contributed by atoms with Crippen molar-refractivity contribution in [3.63, 3.8) is 0 Å². The van der Waals surface area contributed by atoms with E-state index in [0.717, 1.165) is 74.8 Å². The van der Waals surface area contributed by atoms with Gasteiger partial charge in [0.05, 0.1) is 6.54 Å². The Bertz CT molecular complexity index is 1090. The van der Waals surface area contributed by atoms with Crippen molar-refractivity contribution in [3.05, 3.63) is 59.8 Å². The Morgan fingerprint density at radius 1 is 1.12 bits per heavy atom. The van der Waals surface area contributed by atoms with Gasteiger partial charge in [0.25, 0.3) is 0 Å². The third kappa shape index (κ3) is 4.11. The largest absolute Gasteiger partial charge is 0.356 e. The average molecular weight is 431 g/mol. The smallest absolute Gasteiger partial charge is 0.223 e. The Balaban J connectivity index is 1.26. The number of aromatic nitrogens is 4. The summed E-state index contributed by atoms with van der Waals surface area (Å²) in [6.07, 6.45) is 8.63. The van der Waals surface area contributed by atoms with Crippen LogP contribution in [0.15, 0.2) is 42.7 Å². The molecule has 1 aromatic carbocycles. The fraction of sp³-hybridized carbons (Fsp3) is 0.440. The summed E-state index contributed by atoms with van der Waals surface area (Å²) >= 11 is 0. The topological polar surface area (TPSA) is 75.9 Å². The summed E-state index contributed by atoms with van der Waals surface area (Å²) < 4.78 is 2.06. The number of amides is 1. The van der Waals surface area contributed by atoms with Crippen LogP contribution in [-0.4, -0.2) is 38.5 Å². The zero-order valence-corrected chi connectivity index (χ0v) is 18.6. The van der Waals surface area contributed by atoms with E-state index in [9.17, 15) is 4.79 Å². The predicted octanol–water partition coefficient (Wildman–Crippen LogP) is 3.38. The molecule has 1 aliphatic carbocycles. The highest BCUT2D eigenvalue weighted by Crippen LogP contribution is 2.33. The number of benzene rings is 1. The van der Waals surface area contributed by atoms with Crippen molar-refractivity contribution in [1.29, 1.82) is 0 Å². The molecule has 2 aromatic heterocycles. The van der Waals surface area contributed by atoms with Crippen LogP contribution >= 0.6 is 0 Å².